The molecule has 1 unspecified atom stereocenters. The van der Waals surface area contributed by atoms with Crippen molar-refractivity contribution in [3.05, 3.63) is 18.0 Å². The second kappa shape index (κ2) is 6.08. The molecule has 0 aromatic carbocycles. The largest absolute Gasteiger partial charge is 0.308 e. The number of aromatic nitrogens is 2. The van der Waals surface area contributed by atoms with Gasteiger partial charge in [0.2, 0.25) is 0 Å². The molecular weight excluding hydrogens is 234 g/mol. The van der Waals surface area contributed by atoms with Gasteiger partial charge in [0.1, 0.15) is 0 Å². The molecular formula is C16H29N3. The van der Waals surface area contributed by atoms with Crippen LogP contribution in [0, 0.1) is 11.3 Å². The highest BCUT2D eigenvalue weighted by atomic mass is 15.3. The van der Waals surface area contributed by atoms with Gasteiger partial charge in [-0.1, -0.05) is 33.6 Å². The molecule has 0 amide bonds. The molecule has 1 N–H and O–H groups in total. The normalized spacial score (nSPS) is 20.1. The number of hydrogen-bond acceptors (Lipinski definition) is 2. The Morgan fingerprint density at radius 1 is 1.37 bits per heavy atom. The summed E-state index contributed by atoms with van der Waals surface area (Å²) in [5.41, 5.74) is 1.64. The van der Waals surface area contributed by atoms with E-state index in [0.29, 0.717) is 11.5 Å². The first kappa shape index (κ1) is 14.6. The zero-order valence-corrected chi connectivity index (χ0v) is 12.9. The summed E-state index contributed by atoms with van der Waals surface area (Å²) in [4.78, 5) is 0. The summed E-state index contributed by atoms with van der Waals surface area (Å²) in [5, 5.41) is 8.41. The molecule has 3 heteroatoms. The predicted molar refractivity (Wildman–Crippen MR) is 80.0 cm³/mol. The molecule has 1 aromatic rings. The second-order valence-electron chi connectivity index (χ2n) is 6.57. The Bertz CT molecular complexity index is 388. The van der Waals surface area contributed by atoms with Crippen LogP contribution in [0.4, 0.5) is 0 Å². The Hall–Kier alpha value is -0.830. The summed E-state index contributed by atoms with van der Waals surface area (Å²) in [5.74, 6) is 0.753. The van der Waals surface area contributed by atoms with E-state index in [4.69, 9.17) is 0 Å². The number of rotatable bonds is 6. The summed E-state index contributed by atoms with van der Waals surface area (Å²) in [6.07, 6.45) is 8.82. The number of hydrogen-bond donors (Lipinski definition) is 1. The van der Waals surface area contributed by atoms with Gasteiger partial charge in [-0.25, -0.2) is 0 Å². The molecule has 1 atom stereocenters. The van der Waals surface area contributed by atoms with E-state index < -0.39 is 0 Å². The van der Waals surface area contributed by atoms with Crippen molar-refractivity contribution >= 4 is 0 Å². The van der Waals surface area contributed by atoms with Crippen molar-refractivity contribution < 1.29 is 0 Å². The fraction of sp³-hybridized carbons (Fsp3) is 0.812. The van der Waals surface area contributed by atoms with E-state index in [-0.39, 0.29) is 0 Å². The molecule has 19 heavy (non-hydrogen) atoms. The van der Waals surface area contributed by atoms with Crippen LogP contribution in [-0.4, -0.2) is 16.3 Å². The van der Waals surface area contributed by atoms with Gasteiger partial charge in [0.15, 0.2) is 0 Å². The van der Waals surface area contributed by atoms with Crippen molar-refractivity contribution in [1.29, 1.82) is 0 Å². The summed E-state index contributed by atoms with van der Waals surface area (Å²) >= 11 is 0. The topological polar surface area (TPSA) is 29.9 Å². The minimum Gasteiger partial charge on any atom is -0.308 e. The molecule has 0 bridgehead atoms. The van der Waals surface area contributed by atoms with E-state index in [1.165, 1.54) is 37.8 Å². The molecule has 0 aliphatic heterocycles. The highest BCUT2D eigenvalue weighted by molar-refractivity contribution is 5.12. The van der Waals surface area contributed by atoms with Crippen molar-refractivity contribution in [2.75, 3.05) is 6.54 Å². The Kier molecular flexibility index (Phi) is 4.67. The van der Waals surface area contributed by atoms with Crippen molar-refractivity contribution in [2.45, 2.75) is 58.9 Å². The van der Waals surface area contributed by atoms with E-state index in [2.05, 4.69) is 43.4 Å². The lowest BCUT2D eigenvalue weighted by Crippen LogP contribution is -2.38. The smallest absolute Gasteiger partial charge is 0.0799 e. The molecule has 1 heterocycles. The first-order valence-electron chi connectivity index (χ1n) is 7.80. The molecule has 0 saturated heterocycles. The van der Waals surface area contributed by atoms with E-state index >= 15 is 0 Å². The quantitative estimate of drug-likeness (QED) is 0.848. The van der Waals surface area contributed by atoms with Crippen LogP contribution >= 0.6 is 0 Å². The molecule has 3 nitrogen and oxygen atoms in total. The first-order valence-corrected chi connectivity index (χ1v) is 7.80. The lowest BCUT2D eigenvalue weighted by Gasteiger charge is -2.39. The summed E-state index contributed by atoms with van der Waals surface area (Å²) in [7, 11) is 2.01. The van der Waals surface area contributed by atoms with Crippen LogP contribution in [0.25, 0.3) is 0 Å². The average Bonchev–Trinajstić information content (AvgIpc) is 2.95. The van der Waals surface area contributed by atoms with Crippen LogP contribution in [0.2, 0.25) is 0 Å². The molecule has 0 spiro atoms. The fourth-order valence-electron chi connectivity index (χ4n) is 3.93. The van der Waals surface area contributed by atoms with Gasteiger partial charge in [-0.2, -0.15) is 5.10 Å². The van der Waals surface area contributed by atoms with Crippen molar-refractivity contribution in [2.24, 2.45) is 18.4 Å². The molecule has 1 saturated carbocycles. The lowest BCUT2D eigenvalue weighted by molar-refractivity contribution is 0.153. The summed E-state index contributed by atoms with van der Waals surface area (Å²) < 4.78 is 1.93. The molecule has 1 aliphatic rings. The van der Waals surface area contributed by atoms with Crippen LogP contribution in [0.3, 0.4) is 0 Å². The van der Waals surface area contributed by atoms with E-state index in [0.717, 1.165) is 12.5 Å². The van der Waals surface area contributed by atoms with Gasteiger partial charge >= 0.3 is 0 Å². The third-order valence-electron chi connectivity index (χ3n) is 4.46. The maximum atomic E-state index is 4.68. The van der Waals surface area contributed by atoms with E-state index in [9.17, 15) is 0 Å². The molecule has 1 fully saturated rings. The van der Waals surface area contributed by atoms with Crippen LogP contribution in [-0.2, 0) is 7.05 Å². The van der Waals surface area contributed by atoms with E-state index in [1.807, 2.05) is 11.7 Å². The Labute approximate surface area is 117 Å². The third-order valence-corrected chi connectivity index (χ3v) is 4.46. The zero-order valence-electron chi connectivity index (χ0n) is 12.9. The Morgan fingerprint density at radius 3 is 2.53 bits per heavy atom. The molecule has 1 aromatic heterocycles. The Morgan fingerprint density at radius 2 is 2.05 bits per heavy atom. The second-order valence-corrected chi connectivity index (χ2v) is 6.57. The minimum absolute atomic E-state index is 0.415. The standard InChI is InChI=1S/C16H29N3/c1-5-17-15(14-8-11-19(4)18-14)16(12-13(2)3)9-6-7-10-16/h8,11,13,15,17H,5-7,9-10,12H2,1-4H3. The van der Waals surface area contributed by atoms with Crippen LogP contribution in [0.5, 0.6) is 0 Å². The van der Waals surface area contributed by atoms with E-state index in [1.54, 1.807) is 0 Å². The maximum absolute atomic E-state index is 4.68. The van der Waals surface area contributed by atoms with Crippen molar-refractivity contribution in [3.63, 3.8) is 0 Å². The molecule has 2 rings (SSSR count). The number of nitrogens with zero attached hydrogens (tertiary/aromatic N) is 2. The van der Waals surface area contributed by atoms with Crippen LogP contribution < -0.4 is 5.32 Å². The highest BCUT2D eigenvalue weighted by Gasteiger charge is 2.42. The zero-order chi connectivity index (χ0) is 13.9. The SMILES string of the molecule is CCNC(c1ccn(C)n1)C1(CC(C)C)CCCC1. The predicted octanol–water partition coefficient (Wildman–Crippen LogP) is 3.68. The van der Waals surface area contributed by atoms with Crippen molar-refractivity contribution in [3.8, 4) is 0 Å². The number of nitrogens with one attached hydrogen (secondary N) is 1. The fourth-order valence-corrected chi connectivity index (χ4v) is 3.93. The van der Waals surface area contributed by atoms with Gasteiger partial charge in [-0.05, 0) is 43.2 Å². The molecule has 0 radical (unpaired) electrons. The molecule has 108 valence electrons. The van der Waals surface area contributed by atoms with Gasteiger partial charge < -0.3 is 5.32 Å². The van der Waals surface area contributed by atoms with Gasteiger partial charge in [-0.15, -0.1) is 0 Å². The van der Waals surface area contributed by atoms with Crippen LogP contribution in [0.1, 0.15) is 64.6 Å². The minimum atomic E-state index is 0.415. The van der Waals surface area contributed by atoms with Gasteiger partial charge in [-0.3, -0.25) is 4.68 Å². The average molecular weight is 263 g/mol. The lowest BCUT2D eigenvalue weighted by atomic mass is 9.71. The summed E-state index contributed by atoms with van der Waals surface area (Å²) in [6.45, 7) is 7.91. The summed E-state index contributed by atoms with van der Waals surface area (Å²) in [6, 6.07) is 2.61. The van der Waals surface area contributed by atoms with Gasteiger partial charge in [0.05, 0.1) is 11.7 Å². The highest BCUT2D eigenvalue weighted by Crippen LogP contribution is 2.51. The third kappa shape index (κ3) is 3.19. The number of aryl methyl sites for hydroxylation is 1. The van der Waals surface area contributed by atoms with Gasteiger partial charge in [0, 0.05) is 13.2 Å². The monoisotopic (exact) mass is 263 g/mol. The van der Waals surface area contributed by atoms with Crippen molar-refractivity contribution in [1.82, 2.24) is 15.1 Å². The Balaban J connectivity index is 2.28. The van der Waals surface area contributed by atoms with Crippen LogP contribution in [0.15, 0.2) is 12.3 Å². The molecule has 1 aliphatic carbocycles. The first-order chi connectivity index (χ1) is 9.07. The van der Waals surface area contributed by atoms with Gasteiger partial charge in [0.25, 0.3) is 0 Å². The maximum Gasteiger partial charge on any atom is 0.0799 e.